The Hall–Kier alpha value is -3.20. The number of piperidine rings is 2. The predicted molar refractivity (Wildman–Crippen MR) is 162 cm³/mol. The lowest BCUT2D eigenvalue weighted by atomic mass is 9.87. The Bertz CT molecular complexity index is 1660. The number of fused-ring (bicyclic) bond motifs is 5. The topological polar surface area (TPSA) is 73.8 Å². The van der Waals surface area contributed by atoms with Crippen LogP contribution in [0.4, 0.5) is 10.2 Å². The van der Waals surface area contributed by atoms with E-state index < -0.39 is 5.82 Å². The lowest BCUT2D eigenvalue weighted by Gasteiger charge is -2.50. The summed E-state index contributed by atoms with van der Waals surface area (Å²) in [4.78, 5) is 14.1. The fourth-order valence-corrected chi connectivity index (χ4v) is 7.27. The molecule has 4 heterocycles. The van der Waals surface area contributed by atoms with Gasteiger partial charge in [-0.05, 0) is 81.2 Å². The highest BCUT2D eigenvalue weighted by atomic mass is 35.5. The van der Waals surface area contributed by atoms with Crippen molar-refractivity contribution in [3.63, 3.8) is 0 Å². The third-order valence-electron chi connectivity index (χ3n) is 9.05. The summed E-state index contributed by atoms with van der Waals surface area (Å²) < 4.78 is 23.0. The van der Waals surface area contributed by atoms with Gasteiger partial charge in [0.25, 0.3) is 0 Å². The number of benzene rings is 3. The molecule has 4 aromatic rings. The second kappa shape index (κ2) is 9.96. The van der Waals surface area contributed by atoms with Crippen LogP contribution < -0.4 is 15.0 Å². The zero-order chi connectivity index (χ0) is 28.5. The number of rotatable bonds is 7. The van der Waals surface area contributed by atoms with Crippen molar-refractivity contribution in [3.8, 4) is 22.9 Å². The van der Waals surface area contributed by atoms with Crippen LogP contribution in [0.3, 0.4) is 0 Å². The summed E-state index contributed by atoms with van der Waals surface area (Å²) in [5.41, 5.74) is 0.986. The average Bonchev–Trinajstić information content (AvgIpc) is 3.70. The summed E-state index contributed by atoms with van der Waals surface area (Å²) in [5.74, 6) is 0.168. The molecule has 8 rings (SSSR count). The van der Waals surface area contributed by atoms with Crippen molar-refractivity contribution >= 4 is 39.1 Å². The van der Waals surface area contributed by atoms with Gasteiger partial charge in [0.05, 0.1) is 11.6 Å². The predicted octanol–water partition coefficient (Wildman–Crippen LogP) is 6.00. The molecule has 4 aliphatic rings. The lowest BCUT2D eigenvalue weighted by Crippen LogP contribution is -2.65. The fraction of sp³-hybridized carbons (Fsp3) is 0.438. The van der Waals surface area contributed by atoms with Gasteiger partial charge < -0.3 is 25.0 Å². The van der Waals surface area contributed by atoms with Crippen LogP contribution in [0.2, 0.25) is 5.02 Å². The number of piperazine rings is 1. The standard InChI is InChI=1S/C32H35ClFN5O2/c1-18-26-9-8-20(35-18)15-39(26)30-24-14-25(33)27(23-13-21(40)12-19-6-4-5-7-22(19)23)28(34)29(24)36-31(37-30)41-17-32(10-11-32)16-38(2)3/h4-7,12-14,18,20,26,35,40H,8-11,15-17H2,1-3H3/t18-,20+,26+/m1/s1. The Labute approximate surface area is 244 Å². The number of halogens is 2. The normalized spacial score (nSPS) is 23.1. The van der Waals surface area contributed by atoms with Gasteiger partial charge in [0, 0.05) is 47.6 Å². The Balaban J connectivity index is 1.39. The van der Waals surface area contributed by atoms with E-state index in [0.717, 1.165) is 49.5 Å². The molecule has 4 fully saturated rings. The van der Waals surface area contributed by atoms with Crippen LogP contribution in [0, 0.1) is 11.2 Å². The molecule has 3 aromatic carbocycles. The first-order valence-corrected chi connectivity index (χ1v) is 14.8. The molecular weight excluding hydrogens is 541 g/mol. The highest BCUT2D eigenvalue weighted by Crippen LogP contribution is 2.47. The first-order chi connectivity index (χ1) is 19.7. The van der Waals surface area contributed by atoms with Gasteiger partial charge in [-0.3, -0.25) is 0 Å². The lowest BCUT2D eigenvalue weighted by molar-refractivity contribution is 0.183. The van der Waals surface area contributed by atoms with E-state index in [1.165, 1.54) is 0 Å². The number of aromatic hydroxyl groups is 1. The molecular formula is C32H35ClFN5O2. The quantitative estimate of drug-likeness (QED) is 0.280. The van der Waals surface area contributed by atoms with E-state index in [-0.39, 0.29) is 45.4 Å². The van der Waals surface area contributed by atoms with Crippen LogP contribution in [0.15, 0.2) is 42.5 Å². The van der Waals surface area contributed by atoms with Gasteiger partial charge in [-0.1, -0.05) is 35.9 Å². The molecule has 1 aromatic heterocycles. The van der Waals surface area contributed by atoms with Crippen molar-refractivity contribution in [1.29, 1.82) is 0 Å². The minimum atomic E-state index is -0.542. The smallest absolute Gasteiger partial charge is 0.319 e. The van der Waals surface area contributed by atoms with Crippen molar-refractivity contribution in [2.24, 2.45) is 5.41 Å². The Morgan fingerprint density at radius 1 is 1.15 bits per heavy atom. The highest BCUT2D eigenvalue weighted by molar-refractivity contribution is 6.35. The van der Waals surface area contributed by atoms with E-state index >= 15 is 4.39 Å². The molecule has 41 heavy (non-hydrogen) atoms. The van der Waals surface area contributed by atoms with E-state index in [1.54, 1.807) is 18.2 Å². The summed E-state index contributed by atoms with van der Waals surface area (Å²) in [6.45, 7) is 4.38. The first kappa shape index (κ1) is 26.7. The summed E-state index contributed by atoms with van der Waals surface area (Å²) >= 11 is 6.89. The van der Waals surface area contributed by atoms with Crippen LogP contribution in [0.25, 0.3) is 32.8 Å². The number of phenolic OH excluding ortho intramolecular Hbond substituents is 1. The monoisotopic (exact) mass is 575 g/mol. The molecule has 0 radical (unpaired) electrons. The molecule has 0 unspecified atom stereocenters. The van der Waals surface area contributed by atoms with Gasteiger partial charge in [-0.25, -0.2) is 4.39 Å². The van der Waals surface area contributed by atoms with Crippen molar-refractivity contribution in [1.82, 2.24) is 20.2 Å². The number of anilines is 1. The van der Waals surface area contributed by atoms with Gasteiger partial charge in [-0.2, -0.15) is 9.97 Å². The van der Waals surface area contributed by atoms with Crippen LogP contribution >= 0.6 is 11.6 Å². The van der Waals surface area contributed by atoms with E-state index in [1.807, 2.05) is 24.3 Å². The van der Waals surface area contributed by atoms with Gasteiger partial charge >= 0.3 is 6.01 Å². The number of hydrogen-bond donors (Lipinski definition) is 2. The molecule has 3 saturated heterocycles. The van der Waals surface area contributed by atoms with Gasteiger partial charge in [-0.15, -0.1) is 0 Å². The fourth-order valence-electron chi connectivity index (χ4n) is 6.98. The number of hydrogen-bond acceptors (Lipinski definition) is 7. The molecule has 9 heteroatoms. The van der Waals surface area contributed by atoms with Gasteiger partial charge in [0.1, 0.15) is 17.1 Å². The van der Waals surface area contributed by atoms with Crippen molar-refractivity contribution in [2.45, 2.75) is 50.7 Å². The minimum absolute atomic E-state index is 0.0446. The summed E-state index contributed by atoms with van der Waals surface area (Å²) in [5, 5.41) is 16.6. The molecule has 7 nitrogen and oxygen atoms in total. The van der Waals surface area contributed by atoms with Gasteiger partial charge in [0.15, 0.2) is 5.82 Å². The molecule has 1 aliphatic carbocycles. The minimum Gasteiger partial charge on any atom is -0.508 e. The van der Waals surface area contributed by atoms with Crippen molar-refractivity contribution in [3.05, 3.63) is 53.3 Å². The van der Waals surface area contributed by atoms with E-state index in [0.29, 0.717) is 29.4 Å². The maximum absolute atomic E-state index is 16.8. The molecule has 3 atom stereocenters. The van der Waals surface area contributed by atoms with E-state index in [4.69, 9.17) is 21.3 Å². The van der Waals surface area contributed by atoms with Gasteiger partial charge in [0.2, 0.25) is 0 Å². The van der Waals surface area contributed by atoms with Crippen molar-refractivity contribution < 1.29 is 14.2 Å². The number of nitrogens with one attached hydrogen (secondary N) is 1. The van der Waals surface area contributed by atoms with Crippen molar-refractivity contribution in [2.75, 3.05) is 38.7 Å². The largest absolute Gasteiger partial charge is 0.508 e. The first-order valence-electron chi connectivity index (χ1n) is 14.4. The van der Waals surface area contributed by atoms with E-state index in [2.05, 4.69) is 41.1 Å². The molecule has 2 bridgehead atoms. The molecule has 1 saturated carbocycles. The average molecular weight is 576 g/mol. The second-order valence-electron chi connectivity index (χ2n) is 12.5. The Morgan fingerprint density at radius 3 is 2.68 bits per heavy atom. The number of aromatic nitrogens is 2. The number of phenols is 1. The van der Waals surface area contributed by atoms with Crippen LogP contribution in [0.1, 0.15) is 32.6 Å². The zero-order valence-corrected chi connectivity index (χ0v) is 24.4. The van der Waals surface area contributed by atoms with Crippen LogP contribution in [-0.2, 0) is 0 Å². The maximum Gasteiger partial charge on any atom is 0.319 e. The summed E-state index contributed by atoms with van der Waals surface area (Å²) in [7, 11) is 4.13. The van der Waals surface area contributed by atoms with E-state index in [9.17, 15) is 5.11 Å². The molecule has 2 N–H and O–H groups in total. The Kier molecular flexibility index (Phi) is 6.48. The zero-order valence-electron chi connectivity index (χ0n) is 23.6. The highest BCUT2D eigenvalue weighted by Gasteiger charge is 2.44. The second-order valence-corrected chi connectivity index (χ2v) is 12.9. The van der Waals surface area contributed by atoms with Crippen LogP contribution in [0.5, 0.6) is 11.8 Å². The Morgan fingerprint density at radius 2 is 1.95 bits per heavy atom. The number of nitrogens with zero attached hydrogens (tertiary/aromatic N) is 4. The number of ether oxygens (including phenoxy) is 1. The third-order valence-corrected chi connectivity index (χ3v) is 9.35. The SMILES string of the molecule is C[C@H]1N[C@H]2CC[C@@H]1N(c1nc(OCC3(CN(C)C)CC3)nc3c(F)c(-c4cc(O)cc5ccccc45)c(Cl)cc13)C2. The third kappa shape index (κ3) is 4.76. The molecule has 0 spiro atoms. The summed E-state index contributed by atoms with van der Waals surface area (Å²) in [6, 6.07) is 13.6. The summed E-state index contributed by atoms with van der Waals surface area (Å²) in [6.07, 6.45) is 4.32. The molecule has 214 valence electrons. The molecule has 0 amide bonds. The maximum atomic E-state index is 16.8. The van der Waals surface area contributed by atoms with Crippen LogP contribution in [-0.4, -0.2) is 71.9 Å². The molecule has 3 aliphatic heterocycles.